The van der Waals surface area contributed by atoms with E-state index < -0.39 is 0 Å². The fourth-order valence-electron chi connectivity index (χ4n) is 2.98. The van der Waals surface area contributed by atoms with Gasteiger partial charge in [0.2, 0.25) is 0 Å². The number of benzene rings is 2. The van der Waals surface area contributed by atoms with Gasteiger partial charge in [-0.05, 0) is 42.2 Å². The molecule has 2 aromatic carbocycles. The summed E-state index contributed by atoms with van der Waals surface area (Å²) in [6.45, 7) is 1.24. The highest BCUT2D eigenvalue weighted by atomic mass is 16.5. The number of aromatic amines is 1. The van der Waals surface area contributed by atoms with E-state index in [9.17, 15) is 4.79 Å². The Labute approximate surface area is 133 Å². The number of fused-ring (bicyclic) bond motifs is 3. The van der Waals surface area contributed by atoms with Gasteiger partial charge in [0.25, 0.3) is 0 Å². The average molecular weight is 307 g/mol. The molecule has 0 bridgehead atoms. The van der Waals surface area contributed by atoms with Gasteiger partial charge in [0.05, 0.1) is 0 Å². The van der Waals surface area contributed by atoms with Crippen LogP contribution in [0.3, 0.4) is 0 Å². The van der Waals surface area contributed by atoms with Crippen molar-refractivity contribution in [3.05, 3.63) is 70.1 Å². The van der Waals surface area contributed by atoms with Gasteiger partial charge in [0.1, 0.15) is 12.4 Å². The first kappa shape index (κ1) is 13.8. The van der Waals surface area contributed by atoms with Crippen LogP contribution in [0.2, 0.25) is 0 Å². The largest absolute Gasteiger partial charge is 0.489 e. The Morgan fingerprint density at radius 2 is 2.04 bits per heavy atom. The molecule has 5 heteroatoms. The van der Waals surface area contributed by atoms with Gasteiger partial charge in [-0.15, -0.1) is 0 Å². The van der Waals surface area contributed by atoms with Crippen molar-refractivity contribution >= 4 is 0 Å². The molecule has 0 saturated heterocycles. The third-order valence-electron chi connectivity index (χ3n) is 4.15. The number of hydrogen-bond acceptors (Lipinski definition) is 3. The lowest BCUT2D eigenvalue weighted by Gasteiger charge is -2.10. The normalized spacial score (nSPS) is 13.0. The molecule has 116 valence electrons. The number of aryl methyl sites for hydroxylation is 1. The lowest BCUT2D eigenvalue weighted by Crippen LogP contribution is -2.16. The summed E-state index contributed by atoms with van der Waals surface area (Å²) in [7, 11) is 0. The van der Waals surface area contributed by atoms with E-state index in [1.54, 1.807) is 4.57 Å². The van der Waals surface area contributed by atoms with Crippen molar-refractivity contribution in [1.82, 2.24) is 14.8 Å². The third kappa shape index (κ3) is 2.65. The molecule has 0 saturated carbocycles. The second-order valence-corrected chi connectivity index (χ2v) is 5.70. The van der Waals surface area contributed by atoms with E-state index in [1.807, 2.05) is 42.5 Å². The molecule has 0 unspecified atom stereocenters. The lowest BCUT2D eigenvalue weighted by atomic mass is 10.0. The van der Waals surface area contributed by atoms with Gasteiger partial charge in [-0.2, -0.15) is 5.10 Å². The zero-order chi connectivity index (χ0) is 15.6. The first-order valence-electron chi connectivity index (χ1n) is 7.76. The number of H-pyrrole nitrogens is 1. The number of nitrogens with zero attached hydrogens (tertiary/aromatic N) is 2. The van der Waals surface area contributed by atoms with E-state index in [0.717, 1.165) is 35.5 Å². The first-order chi connectivity index (χ1) is 11.3. The second-order valence-electron chi connectivity index (χ2n) is 5.70. The summed E-state index contributed by atoms with van der Waals surface area (Å²) in [6, 6.07) is 16.1. The predicted molar refractivity (Wildman–Crippen MR) is 87.4 cm³/mol. The summed E-state index contributed by atoms with van der Waals surface area (Å²) in [5, 5.41) is 6.70. The molecule has 0 radical (unpaired) electrons. The molecule has 1 aliphatic rings. The van der Waals surface area contributed by atoms with Gasteiger partial charge < -0.3 is 4.74 Å². The van der Waals surface area contributed by atoms with Crippen molar-refractivity contribution in [2.45, 2.75) is 26.0 Å². The minimum atomic E-state index is -0.141. The fourth-order valence-corrected chi connectivity index (χ4v) is 2.98. The van der Waals surface area contributed by atoms with Gasteiger partial charge in [0.15, 0.2) is 5.82 Å². The van der Waals surface area contributed by atoms with Crippen molar-refractivity contribution in [1.29, 1.82) is 0 Å². The zero-order valence-corrected chi connectivity index (χ0v) is 12.7. The van der Waals surface area contributed by atoms with Crippen LogP contribution in [0.1, 0.15) is 17.5 Å². The van der Waals surface area contributed by atoms with Crippen LogP contribution in [0, 0.1) is 0 Å². The molecule has 23 heavy (non-hydrogen) atoms. The standard InChI is InChI=1S/C18H17N3O2/c22-18-20-19-17-16-9-8-15(11-14(16)7-4-10-21(17)18)23-12-13-5-2-1-3-6-13/h1-3,5-6,8-9,11H,4,7,10,12H2,(H,20,22). The van der Waals surface area contributed by atoms with E-state index in [2.05, 4.69) is 16.3 Å². The Morgan fingerprint density at radius 1 is 1.17 bits per heavy atom. The molecule has 0 atom stereocenters. The van der Waals surface area contributed by atoms with Crippen LogP contribution in [0.4, 0.5) is 0 Å². The van der Waals surface area contributed by atoms with Crippen molar-refractivity contribution < 1.29 is 4.74 Å². The van der Waals surface area contributed by atoms with Crippen molar-refractivity contribution in [2.75, 3.05) is 0 Å². The van der Waals surface area contributed by atoms with E-state index >= 15 is 0 Å². The molecule has 1 aromatic heterocycles. The minimum absolute atomic E-state index is 0.141. The molecule has 1 aliphatic heterocycles. The van der Waals surface area contributed by atoms with Gasteiger partial charge in [-0.1, -0.05) is 30.3 Å². The summed E-state index contributed by atoms with van der Waals surface area (Å²) >= 11 is 0. The van der Waals surface area contributed by atoms with E-state index in [0.29, 0.717) is 13.2 Å². The number of ether oxygens (including phenoxy) is 1. The van der Waals surface area contributed by atoms with Crippen molar-refractivity contribution in [2.24, 2.45) is 0 Å². The molecule has 4 rings (SSSR count). The van der Waals surface area contributed by atoms with Crippen LogP contribution in [0.25, 0.3) is 11.4 Å². The Balaban J connectivity index is 1.62. The summed E-state index contributed by atoms with van der Waals surface area (Å²) in [5.41, 5.74) is 3.18. The third-order valence-corrected chi connectivity index (χ3v) is 4.15. The Hall–Kier alpha value is -2.82. The summed E-state index contributed by atoms with van der Waals surface area (Å²) in [5.74, 6) is 1.57. The molecule has 3 aromatic rings. The molecule has 0 spiro atoms. The molecular weight excluding hydrogens is 290 g/mol. The summed E-state index contributed by atoms with van der Waals surface area (Å²) < 4.78 is 7.60. The highest BCUT2D eigenvalue weighted by Gasteiger charge is 2.18. The Kier molecular flexibility index (Phi) is 3.46. The smallest absolute Gasteiger partial charge is 0.343 e. The fraction of sp³-hybridized carbons (Fsp3) is 0.222. The molecule has 5 nitrogen and oxygen atoms in total. The van der Waals surface area contributed by atoms with Crippen LogP contribution in [-0.2, 0) is 19.6 Å². The first-order valence-corrected chi connectivity index (χ1v) is 7.76. The van der Waals surface area contributed by atoms with Crippen LogP contribution in [0.5, 0.6) is 5.75 Å². The molecule has 1 N–H and O–H groups in total. The van der Waals surface area contributed by atoms with Crippen LogP contribution >= 0.6 is 0 Å². The Morgan fingerprint density at radius 3 is 2.91 bits per heavy atom. The molecule has 0 fully saturated rings. The SMILES string of the molecule is O=c1[nH]nc2n1CCCc1cc(OCc3ccccc3)ccc1-2. The number of rotatable bonds is 3. The van der Waals surface area contributed by atoms with E-state index in [4.69, 9.17) is 4.74 Å². The average Bonchev–Trinajstić information content (AvgIpc) is 2.85. The summed E-state index contributed by atoms with van der Waals surface area (Å²) in [6.07, 6.45) is 1.84. The van der Waals surface area contributed by atoms with Crippen molar-refractivity contribution in [3.8, 4) is 17.1 Å². The maximum atomic E-state index is 11.8. The van der Waals surface area contributed by atoms with Crippen LogP contribution in [-0.4, -0.2) is 14.8 Å². The van der Waals surface area contributed by atoms with Gasteiger partial charge in [0, 0.05) is 12.1 Å². The number of aromatic nitrogens is 3. The topological polar surface area (TPSA) is 59.9 Å². The van der Waals surface area contributed by atoms with E-state index in [-0.39, 0.29) is 5.69 Å². The van der Waals surface area contributed by atoms with Crippen LogP contribution in [0.15, 0.2) is 53.3 Å². The number of hydrogen-bond donors (Lipinski definition) is 1. The maximum absolute atomic E-state index is 11.8. The second kappa shape index (κ2) is 5.76. The molecule has 2 heterocycles. The van der Waals surface area contributed by atoms with Gasteiger partial charge in [-0.3, -0.25) is 4.57 Å². The molecular formula is C18H17N3O2. The highest BCUT2D eigenvalue weighted by molar-refractivity contribution is 5.62. The Bertz CT molecular complexity index is 881. The van der Waals surface area contributed by atoms with Gasteiger partial charge >= 0.3 is 5.69 Å². The van der Waals surface area contributed by atoms with E-state index in [1.165, 1.54) is 5.56 Å². The summed E-state index contributed by atoms with van der Waals surface area (Å²) in [4.78, 5) is 11.8. The monoisotopic (exact) mass is 307 g/mol. The molecule has 0 aliphatic carbocycles. The zero-order valence-electron chi connectivity index (χ0n) is 12.7. The van der Waals surface area contributed by atoms with Gasteiger partial charge in [-0.25, -0.2) is 9.89 Å². The molecule has 0 amide bonds. The minimum Gasteiger partial charge on any atom is -0.489 e. The predicted octanol–water partition coefficient (Wildman–Crippen LogP) is 2.76. The number of nitrogens with one attached hydrogen (secondary N) is 1. The lowest BCUT2D eigenvalue weighted by molar-refractivity contribution is 0.306. The maximum Gasteiger partial charge on any atom is 0.343 e. The highest BCUT2D eigenvalue weighted by Crippen LogP contribution is 2.29. The quantitative estimate of drug-likeness (QED) is 0.809. The van der Waals surface area contributed by atoms with Crippen molar-refractivity contribution in [3.63, 3.8) is 0 Å². The van der Waals surface area contributed by atoms with Crippen LogP contribution < -0.4 is 10.4 Å².